The highest BCUT2D eigenvalue weighted by Crippen LogP contribution is 2.30. The van der Waals surface area contributed by atoms with Crippen molar-refractivity contribution in [3.63, 3.8) is 0 Å². The number of piperidine rings is 1. The predicted molar refractivity (Wildman–Crippen MR) is 129 cm³/mol. The third-order valence-electron chi connectivity index (χ3n) is 6.48. The fourth-order valence-electron chi connectivity index (χ4n) is 4.06. The second-order valence-electron chi connectivity index (χ2n) is 8.87. The van der Waals surface area contributed by atoms with Gasteiger partial charge in [-0.15, -0.1) is 0 Å². The zero-order valence-electron chi connectivity index (χ0n) is 19.8. The molecule has 1 saturated heterocycles. The van der Waals surface area contributed by atoms with Crippen molar-refractivity contribution in [3.05, 3.63) is 59.7 Å². The van der Waals surface area contributed by atoms with Gasteiger partial charge in [0.05, 0.1) is 11.3 Å². The van der Waals surface area contributed by atoms with E-state index in [0.29, 0.717) is 29.5 Å². The lowest BCUT2D eigenvalue weighted by Gasteiger charge is -2.31. The Balaban J connectivity index is 1.75. The highest BCUT2D eigenvalue weighted by atomic mass is 16.5. The largest absolute Gasteiger partial charge is 0.480 e. The molecule has 172 valence electrons. The zero-order valence-corrected chi connectivity index (χ0v) is 19.8. The number of rotatable bonds is 8. The lowest BCUT2D eigenvalue weighted by atomic mass is 9.98. The van der Waals surface area contributed by atoms with Gasteiger partial charge in [0.1, 0.15) is 5.75 Å². The number of para-hydroxylation sites is 2. The Morgan fingerprint density at radius 1 is 1.03 bits per heavy atom. The first-order valence-corrected chi connectivity index (χ1v) is 11.9. The summed E-state index contributed by atoms with van der Waals surface area (Å²) in [4.78, 5) is 28.2. The lowest BCUT2D eigenvalue weighted by molar-refractivity contribution is -0.122. The lowest BCUT2D eigenvalue weighted by Crippen LogP contribution is -2.39. The van der Waals surface area contributed by atoms with Gasteiger partial charge in [0, 0.05) is 13.1 Å². The molecule has 0 saturated carbocycles. The van der Waals surface area contributed by atoms with Gasteiger partial charge in [-0.1, -0.05) is 58.0 Å². The molecule has 2 amide bonds. The Kier molecular flexibility index (Phi) is 8.32. The molecule has 1 fully saturated rings. The van der Waals surface area contributed by atoms with Gasteiger partial charge in [-0.25, -0.2) is 0 Å². The highest BCUT2D eigenvalue weighted by molar-refractivity contribution is 6.04. The SMILES string of the molecule is CCC(Oc1ccccc1C(C)CC)C(=O)Nc1ccccc1C(=O)N1CCC(C)CC1. The first-order chi connectivity index (χ1) is 15.4. The van der Waals surface area contributed by atoms with Crippen LogP contribution in [0.15, 0.2) is 48.5 Å². The van der Waals surface area contributed by atoms with Crippen LogP contribution in [0.5, 0.6) is 5.75 Å². The zero-order chi connectivity index (χ0) is 23.1. The van der Waals surface area contributed by atoms with E-state index in [1.54, 1.807) is 12.1 Å². The van der Waals surface area contributed by atoms with Crippen molar-refractivity contribution in [2.75, 3.05) is 18.4 Å². The number of carbonyl (C=O) groups is 2. The van der Waals surface area contributed by atoms with Gasteiger partial charge in [0.2, 0.25) is 0 Å². The first-order valence-electron chi connectivity index (χ1n) is 11.9. The summed E-state index contributed by atoms with van der Waals surface area (Å²) in [5.41, 5.74) is 2.18. The van der Waals surface area contributed by atoms with Crippen molar-refractivity contribution in [2.45, 2.75) is 65.4 Å². The van der Waals surface area contributed by atoms with Crippen LogP contribution >= 0.6 is 0 Å². The van der Waals surface area contributed by atoms with E-state index in [9.17, 15) is 9.59 Å². The molecule has 0 bridgehead atoms. The number of likely N-dealkylation sites (tertiary alicyclic amines) is 1. The number of anilines is 1. The van der Waals surface area contributed by atoms with E-state index in [2.05, 4.69) is 32.2 Å². The average Bonchev–Trinajstić information content (AvgIpc) is 2.82. The molecule has 0 aromatic heterocycles. The van der Waals surface area contributed by atoms with E-state index in [-0.39, 0.29) is 11.8 Å². The van der Waals surface area contributed by atoms with Crippen molar-refractivity contribution in [1.82, 2.24) is 4.90 Å². The number of nitrogens with one attached hydrogen (secondary N) is 1. The van der Waals surface area contributed by atoms with Crippen molar-refractivity contribution in [1.29, 1.82) is 0 Å². The Morgan fingerprint density at radius 3 is 2.38 bits per heavy atom. The molecule has 32 heavy (non-hydrogen) atoms. The summed E-state index contributed by atoms with van der Waals surface area (Å²) >= 11 is 0. The average molecular weight is 437 g/mol. The van der Waals surface area contributed by atoms with Crippen LogP contribution < -0.4 is 10.1 Å². The van der Waals surface area contributed by atoms with E-state index in [4.69, 9.17) is 4.74 Å². The van der Waals surface area contributed by atoms with Gasteiger partial charge in [-0.2, -0.15) is 0 Å². The van der Waals surface area contributed by atoms with E-state index in [0.717, 1.165) is 43.7 Å². The molecule has 5 heteroatoms. The van der Waals surface area contributed by atoms with Gasteiger partial charge in [0.15, 0.2) is 6.10 Å². The Bertz CT molecular complexity index is 919. The van der Waals surface area contributed by atoms with Crippen LogP contribution in [-0.2, 0) is 4.79 Å². The molecular formula is C27H36N2O3. The van der Waals surface area contributed by atoms with Crippen LogP contribution in [0.2, 0.25) is 0 Å². The number of amides is 2. The highest BCUT2D eigenvalue weighted by Gasteiger charge is 2.26. The molecule has 2 atom stereocenters. The molecule has 0 radical (unpaired) electrons. The van der Waals surface area contributed by atoms with Crippen LogP contribution in [0.25, 0.3) is 0 Å². The predicted octanol–water partition coefficient (Wildman–Crippen LogP) is 5.87. The minimum Gasteiger partial charge on any atom is -0.480 e. The second kappa shape index (κ2) is 11.2. The molecule has 1 N–H and O–H groups in total. The van der Waals surface area contributed by atoms with Crippen LogP contribution in [0.3, 0.4) is 0 Å². The topological polar surface area (TPSA) is 58.6 Å². The number of hydrogen-bond acceptors (Lipinski definition) is 3. The fraction of sp³-hybridized carbons (Fsp3) is 0.481. The Morgan fingerprint density at radius 2 is 1.69 bits per heavy atom. The van der Waals surface area contributed by atoms with Crippen molar-refractivity contribution < 1.29 is 14.3 Å². The Hall–Kier alpha value is -2.82. The summed E-state index contributed by atoms with van der Waals surface area (Å²) < 4.78 is 6.17. The van der Waals surface area contributed by atoms with E-state index in [1.807, 2.05) is 42.2 Å². The minimum absolute atomic E-state index is 0.0242. The summed E-state index contributed by atoms with van der Waals surface area (Å²) in [5, 5.41) is 2.96. The van der Waals surface area contributed by atoms with E-state index in [1.165, 1.54) is 0 Å². The molecule has 1 aliphatic heterocycles. The van der Waals surface area contributed by atoms with Crippen LogP contribution in [0, 0.1) is 5.92 Å². The van der Waals surface area contributed by atoms with Crippen molar-refractivity contribution in [2.24, 2.45) is 5.92 Å². The Labute approximate surface area is 192 Å². The molecule has 1 heterocycles. The molecule has 0 aliphatic carbocycles. The van der Waals surface area contributed by atoms with Gasteiger partial charge in [-0.3, -0.25) is 9.59 Å². The molecule has 0 spiro atoms. The monoisotopic (exact) mass is 436 g/mol. The van der Waals surface area contributed by atoms with E-state index >= 15 is 0 Å². The smallest absolute Gasteiger partial charge is 0.265 e. The molecule has 2 aromatic rings. The van der Waals surface area contributed by atoms with Crippen LogP contribution in [0.1, 0.15) is 75.2 Å². The molecular weight excluding hydrogens is 400 g/mol. The third kappa shape index (κ3) is 5.70. The second-order valence-corrected chi connectivity index (χ2v) is 8.87. The summed E-state index contributed by atoms with van der Waals surface area (Å²) in [7, 11) is 0. The first kappa shape index (κ1) is 23.8. The minimum atomic E-state index is -0.640. The number of ether oxygens (including phenoxy) is 1. The fourth-order valence-corrected chi connectivity index (χ4v) is 4.06. The number of benzene rings is 2. The summed E-state index contributed by atoms with van der Waals surface area (Å²) in [6.45, 7) is 9.97. The molecule has 3 rings (SSSR count). The maximum atomic E-state index is 13.1. The van der Waals surface area contributed by atoms with Crippen LogP contribution in [-0.4, -0.2) is 35.9 Å². The molecule has 5 nitrogen and oxygen atoms in total. The van der Waals surface area contributed by atoms with Crippen LogP contribution in [0.4, 0.5) is 5.69 Å². The number of nitrogens with zero attached hydrogens (tertiary/aromatic N) is 1. The summed E-state index contributed by atoms with van der Waals surface area (Å²) in [6, 6.07) is 15.2. The standard InChI is InChI=1S/C27H36N2O3/c1-5-20(4)21-11-8-10-14-25(21)32-24(6-2)26(30)28-23-13-9-7-12-22(23)27(31)29-17-15-19(3)16-18-29/h7-14,19-20,24H,5-6,15-18H2,1-4H3,(H,28,30). The molecule has 2 aromatic carbocycles. The van der Waals surface area contributed by atoms with Crippen molar-refractivity contribution >= 4 is 17.5 Å². The third-order valence-corrected chi connectivity index (χ3v) is 6.48. The number of hydrogen-bond donors (Lipinski definition) is 1. The number of carbonyl (C=O) groups excluding carboxylic acids is 2. The van der Waals surface area contributed by atoms with Gasteiger partial charge >= 0.3 is 0 Å². The quantitative estimate of drug-likeness (QED) is 0.563. The normalized spacial score (nSPS) is 16.3. The maximum absolute atomic E-state index is 13.1. The molecule has 1 aliphatic rings. The maximum Gasteiger partial charge on any atom is 0.265 e. The van der Waals surface area contributed by atoms with Gasteiger partial charge in [-0.05, 0) is 61.3 Å². The summed E-state index contributed by atoms with van der Waals surface area (Å²) in [6.07, 6.45) is 2.91. The van der Waals surface area contributed by atoms with Crippen molar-refractivity contribution in [3.8, 4) is 5.75 Å². The van der Waals surface area contributed by atoms with Gasteiger partial charge in [0.25, 0.3) is 11.8 Å². The van der Waals surface area contributed by atoms with E-state index < -0.39 is 6.10 Å². The molecule has 2 unspecified atom stereocenters. The summed E-state index contributed by atoms with van der Waals surface area (Å²) in [5.74, 6) is 1.48. The van der Waals surface area contributed by atoms with Gasteiger partial charge < -0.3 is 15.0 Å².